The van der Waals surface area contributed by atoms with E-state index in [0.29, 0.717) is 29.3 Å². The normalized spacial score (nSPS) is 17.7. The van der Waals surface area contributed by atoms with E-state index in [1.807, 2.05) is 6.07 Å². The van der Waals surface area contributed by atoms with Gasteiger partial charge >= 0.3 is 0 Å². The molecule has 1 unspecified atom stereocenters. The van der Waals surface area contributed by atoms with Gasteiger partial charge in [0.05, 0.1) is 12.7 Å². The van der Waals surface area contributed by atoms with Crippen LogP contribution in [0.25, 0.3) is 0 Å². The lowest BCUT2D eigenvalue weighted by Gasteiger charge is -2.32. The van der Waals surface area contributed by atoms with Crippen LogP contribution in [0, 0.1) is 0 Å². The molecule has 1 amide bonds. The van der Waals surface area contributed by atoms with Gasteiger partial charge in [-0.05, 0) is 67.3 Å². The molecule has 6 heteroatoms. The van der Waals surface area contributed by atoms with Crippen LogP contribution >= 0.6 is 12.4 Å². The summed E-state index contributed by atoms with van der Waals surface area (Å²) in [5, 5.41) is 3.00. The van der Waals surface area contributed by atoms with Crippen molar-refractivity contribution in [1.29, 1.82) is 0 Å². The first-order valence-corrected chi connectivity index (χ1v) is 10.00. The lowest BCUT2D eigenvalue weighted by molar-refractivity contribution is 0.0985. The molecule has 0 radical (unpaired) electrons. The number of ketones is 1. The Bertz CT molecular complexity index is 928. The minimum absolute atomic E-state index is 0. The van der Waals surface area contributed by atoms with Crippen LogP contribution in [-0.2, 0) is 6.42 Å². The van der Waals surface area contributed by atoms with Crippen LogP contribution in [0.4, 0.5) is 5.69 Å². The Morgan fingerprint density at radius 1 is 1.17 bits per heavy atom. The molecule has 0 aromatic heterocycles. The highest BCUT2D eigenvalue weighted by atomic mass is 35.5. The Hall–Kier alpha value is -2.37. The van der Waals surface area contributed by atoms with Crippen molar-refractivity contribution in [3.8, 4) is 5.75 Å². The number of Topliss-reactive ketones (excluding diaryl/α,β-unsaturated/α-hetero) is 1. The number of anilines is 1. The summed E-state index contributed by atoms with van der Waals surface area (Å²) in [5.41, 5.74) is 4.44. The van der Waals surface area contributed by atoms with E-state index in [2.05, 4.69) is 22.3 Å². The molecule has 4 rings (SSSR count). The predicted molar refractivity (Wildman–Crippen MR) is 117 cm³/mol. The van der Waals surface area contributed by atoms with E-state index in [1.54, 1.807) is 25.1 Å². The number of rotatable bonds is 5. The Morgan fingerprint density at radius 3 is 2.76 bits per heavy atom. The van der Waals surface area contributed by atoms with E-state index in [1.165, 1.54) is 37.6 Å². The minimum atomic E-state index is -0.216. The Kier molecular flexibility index (Phi) is 6.60. The van der Waals surface area contributed by atoms with E-state index in [4.69, 9.17) is 4.74 Å². The molecule has 0 aliphatic carbocycles. The summed E-state index contributed by atoms with van der Waals surface area (Å²) in [7, 11) is 1.53. The van der Waals surface area contributed by atoms with Gasteiger partial charge in [-0.2, -0.15) is 0 Å². The topological polar surface area (TPSA) is 58.6 Å². The predicted octanol–water partition coefficient (Wildman–Crippen LogP) is 4.66. The Labute approximate surface area is 177 Å². The van der Waals surface area contributed by atoms with Crippen molar-refractivity contribution in [2.24, 2.45) is 0 Å². The maximum atomic E-state index is 12.8. The molecule has 0 spiro atoms. The van der Waals surface area contributed by atoms with Crippen molar-refractivity contribution in [3.05, 3.63) is 58.7 Å². The summed E-state index contributed by atoms with van der Waals surface area (Å²) in [6, 6.07) is 11.7. The lowest BCUT2D eigenvalue weighted by Crippen LogP contribution is -2.31. The highest BCUT2D eigenvalue weighted by molar-refractivity contribution is 6.07. The summed E-state index contributed by atoms with van der Waals surface area (Å²) in [6.07, 6.45) is 3.86. The molecule has 1 atom stereocenters. The van der Waals surface area contributed by atoms with E-state index in [0.717, 1.165) is 18.7 Å². The van der Waals surface area contributed by atoms with Crippen molar-refractivity contribution in [3.63, 3.8) is 0 Å². The number of ether oxygens (including phenoxy) is 1. The first-order chi connectivity index (χ1) is 13.6. The molecule has 1 saturated heterocycles. The second kappa shape index (κ2) is 8.97. The summed E-state index contributed by atoms with van der Waals surface area (Å²) in [5.74, 6) is 0.243. The van der Waals surface area contributed by atoms with Crippen LogP contribution in [-0.4, -0.2) is 36.8 Å². The summed E-state index contributed by atoms with van der Waals surface area (Å²) in [4.78, 5) is 27.5. The number of nitrogens with zero attached hydrogens (tertiary/aromatic N) is 1. The highest BCUT2D eigenvalue weighted by Gasteiger charge is 2.31. The van der Waals surface area contributed by atoms with Gasteiger partial charge in [0.25, 0.3) is 5.91 Å². The van der Waals surface area contributed by atoms with Crippen molar-refractivity contribution >= 4 is 29.8 Å². The van der Waals surface area contributed by atoms with E-state index < -0.39 is 0 Å². The van der Waals surface area contributed by atoms with Gasteiger partial charge in [0.15, 0.2) is 5.78 Å². The number of nitrogens with one attached hydrogen (secondary N) is 1. The molecule has 0 saturated carbocycles. The number of halogens is 1. The number of carbonyl (C=O) groups is 2. The summed E-state index contributed by atoms with van der Waals surface area (Å²) < 4.78 is 5.27. The van der Waals surface area contributed by atoms with E-state index >= 15 is 0 Å². The van der Waals surface area contributed by atoms with E-state index in [-0.39, 0.29) is 24.1 Å². The Balaban J connectivity index is 0.00000240. The number of hydrogen-bond donors (Lipinski definition) is 1. The number of benzene rings is 2. The largest absolute Gasteiger partial charge is 0.496 e. The van der Waals surface area contributed by atoms with Crippen LogP contribution < -0.4 is 10.1 Å². The molecule has 2 heterocycles. The van der Waals surface area contributed by atoms with Gasteiger partial charge in [0.1, 0.15) is 5.75 Å². The average molecular weight is 415 g/mol. The molecule has 154 valence electrons. The maximum Gasteiger partial charge on any atom is 0.255 e. The fourth-order valence-corrected chi connectivity index (χ4v) is 4.38. The van der Waals surface area contributed by atoms with Gasteiger partial charge < -0.3 is 10.1 Å². The number of amides is 1. The minimum Gasteiger partial charge on any atom is -0.496 e. The second-order valence-corrected chi connectivity index (χ2v) is 7.50. The SMILES string of the molecule is CCC(=O)c1cc(C(=O)Nc2ccc3c(c2)C2CCCN2CC3)ccc1OC.Cl. The van der Waals surface area contributed by atoms with Crippen molar-refractivity contribution in [2.45, 2.75) is 38.6 Å². The maximum absolute atomic E-state index is 12.8. The van der Waals surface area contributed by atoms with E-state index in [9.17, 15) is 9.59 Å². The zero-order valence-corrected chi connectivity index (χ0v) is 17.7. The molecule has 1 fully saturated rings. The third kappa shape index (κ3) is 4.16. The quantitative estimate of drug-likeness (QED) is 0.723. The van der Waals surface area contributed by atoms with Crippen molar-refractivity contribution in [1.82, 2.24) is 4.90 Å². The fourth-order valence-electron chi connectivity index (χ4n) is 4.38. The third-order valence-electron chi connectivity index (χ3n) is 5.88. The molecule has 0 bridgehead atoms. The van der Waals surface area contributed by atoms with Crippen LogP contribution in [0.3, 0.4) is 0 Å². The summed E-state index contributed by atoms with van der Waals surface area (Å²) >= 11 is 0. The molecule has 2 aromatic carbocycles. The van der Waals surface area contributed by atoms with Gasteiger partial charge in [-0.1, -0.05) is 13.0 Å². The monoisotopic (exact) mass is 414 g/mol. The molecular formula is C23H27ClN2O3. The Morgan fingerprint density at radius 2 is 2.00 bits per heavy atom. The van der Waals surface area contributed by atoms with Crippen LogP contribution in [0.5, 0.6) is 5.75 Å². The molecule has 1 N–H and O–H groups in total. The zero-order chi connectivity index (χ0) is 19.7. The molecule has 5 nitrogen and oxygen atoms in total. The first-order valence-electron chi connectivity index (χ1n) is 10.00. The first kappa shape index (κ1) is 21.3. The second-order valence-electron chi connectivity index (χ2n) is 7.50. The molecule has 2 aromatic rings. The highest BCUT2D eigenvalue weighted by Crippen LogP contribution is 2.38. The standard InChI is InChI=1S/C23H26N2O3.ClH/c1-3-21(26)19-13-16(7-9-22(19)28-2)23(27)24-17-8-6-15-10-12-25-11-4-5-20(25)18(15)14-17;/h6-9,13-14,20H,3-5,10-12H2,1-2H3,(H,24,27);1H. The smallest absolute Gasteiger partial charge is 0.255 e. The molecule has 29 heavy (non-hydrogen) atoms. The number of fused-ring (bicyclic) bond motifs is 3. The van der Waals surface area contributed by atoms with Gasteiger partial charge in [0, 0.05) is 30.3 Å². The van der Waals surface area contributed by atoms with Gasteiger partial charge in [-0.15, -0.1) is 12.4 Å². The van der Waals surface area contributed by atoms with Crippen molar-refractivity contribution < 1.29 is 14.3 Å². The van der Waals surface area contributed by atoms with Gasteiger partial charge in [-0.3, -0.25) is 14.5 Å². The number of methoxy groups -OCH3 is 1. The average Bonchev–Trinajstić information content (AvgIpc) is 3.22. The molecular weight excluding hydrogens is 388 g/mol. The molecule has 2 aliphatic rings. The van der Waals surface area contributed by atoms with Crippen LogP contribution in [0.1, 0.15) is 64.1 Å². The number of carbonyl (C=O) groups excluding carboxylic acids is 2. The van der Waals surface area contributed by atoms with Crippen molar-refractivity contribution in [2.75, 3.05) is 25.5 Å². The third-order valence-corrected chi connectivity index (χ3v) is 5.88. The van der Waals surface area contributed by atoms with Crippen LogP contribution in [0.2, 0.25) is 0 Å². The zero-order valence-electron chi connectivity index (χ0n) is 16.9. The summed E-state index contributed by atoms with van der Waals surface area (Å²) in [6.45, 7) is 4.10. The van der Waals surface area contributed by atoms with Crippen LogP contribution in [0.15, 0.2) is 36.4 Å². The fraction of sp³-hybridized carbons (Fsp3) is 0.391. The lowest BCUT2D eigenvalue weighted by atomic mass is 9.92. The van der Waals surface area contributed by atoms with Gasteiger partial charge in [0.2, 0.25) is 0 Å². The molecule has 2 aliphatic heterocycles. The van der Waals surface area contributed by atoms with Gasteiger partial charge in [-0.25, -0.2) is 0 Å². The number of hydrogen-bond acceptors (Lipinski definition) is 4.